The van der Waals surface area contributed by atoms with Crippen LogP contribution in [0.2, 0.25) is 0 Å². The van der Waals surface area contributed by atoms with Gasteiger partial charge in [0.25, 0.3) is 0 Å². The molecule has 3 aromatic heterocycles. The van der Waals surface area contributed by atoms with Crippen LogP contribution < -0.4 is 5.32 Å². The monoisotopic (exact) mass is 439 g/mol. The van der Waals surface area contributed by atoms with Crippen LogP contribution in [0.5, 0.6) is 0 Å². The van der Waals surface area contributed by atoms with Crippen LogP contribution in [-0.2, 0) is 16.1 Å². The molecule has 1 saturated heterocycles. The van der Waals surface area contributed by atoms with Crippen molar-refractivity contribution in [2.45, 2.75) is 32.5 Å². The molecule has 1 aliphatic rings. The highest BCUT2D eigenvalue weighted by Gasteiger charge is 2.21. The number of rotatable bonds is 7. The molecule has 1 fully saturated rings. The number of nitrogens with one attached hydrogen (secondary N) is 1. The summed E-state index contributed by atoms with van der Waals surface area (Å²) in [5.74, 6) is 1.41. The van der Waals surface area contributed by atoms with Crippen LogP contribution in [-0.4, -0.2) is 56.7 Å². The maximum atomic E-state index is 12.2. The van der Waals surface area contributed by atoms with E-state index in [1.54, 1.807) is 17.3 Å². The highest BCUT2D eigenvalue weighted by Crippen LogP contribution is 2.26. The molecular weight excluding hydrogens is 414 g/mol. The first-order chi connectivity index (χ1) is 15.1. The smallest absolute Gasteiger partial charge is 0.248 e. The van der Waals surface area contributed by atoms with Gasteiger partial charge >= 0.3 is 0 Å². The molecule has 0 bridgehead atoms. The largest absolute Gasteiger partial charge is 0.393 e. The fourth-order valence-corrected chi connectivity index (χ4v) is 4.13. The summed E-state index contributed by atoms with van der Waals surface area (Å²) < 4.78 is 5.58. The summed E-state index contributed by atoms with van der Waals surface area (Å²) in [6.45, 7) is 3.48. The zero-order valence-corrected chi connectivity index (χ0v) is 18.1. The van der Waals surface area contributed by atoms with Crippen LogP contribution in [0.15, 0.2) is 42.7 Å². The minimum absolute atomic E-state index is 0.0200. The van der Waals surface area contributed by atoms with E-state index in [1.807, 2.05) is 37.3 Å². The van der Waals surface area contributed by atoms with Crippen LogP contribution in [0.4, 0.5) is 11.6 Å². The molecule has 162 valence electrons. The number of thiazole rings is 1. The van der Waals surface area contributed by atoms with Crippen LogP contribution in [0.1, 0.15) is 23.4 Å². The number of ether oxygens (including phenoxy) is 1. The van der Waals surface area contributed by atoms with E-state index in [4.69, 9.17) is 4.74 Å². The third-order valence-electron chi connectivity index (χ3n) is 4.99. The first kappa shape index (κ1) is 21.4. The van der Waals surface area contributed by atoms with Gasteiger partial charge in [-0.1, -0.05) is 6.07 Å². The molecule has 4 rings (SSSR count). The number of aliphatic hydroxyl groups is 1. The number of nitrogens with zero attached hydrogens (tertiary/aromatic N) is 4. The van der Waals surface area contributed by atoms with Gasteiger partial charge in [0.15, 0.2) is 0 Å². The first-order valence-corrected chi connectivity index (χ1v) is 11.0. The molecule has 0 radical (unpaired) electrons. The lowest BCUT2D eigenvalue weighted by molar-refractivity contribution is -0.138. The van der Waals surface area contributed by atoms with Crippen molar-refractivity contribution in [3.63, 3.8) is 0 Å². The number of carbonyl (C=O) groups is 1. The van der Waals surface area contributed by atoms with Crippen molar-refractivity contribution in [2.24, 2.45) is 0 Å². The highest BCUT2D eigenvalue weighted by molar-refractivity contribution is 7.15. The molecule has 3 aromatic rings. The number of piperidine rings is 1. The molecule has 1 aliphatic heterocycles. The third kappa shape index (κ3) is 5.84. The summed E-state index contributed by atoms with van der Waals surface area (Å²) in [5.41, 5.74) is 1.93. The molecule has 0 atom stereocenters. The summed E-state index contributed by atoms with van der Waals surface area (Å²) in [7, 11) is 0. The molecular formula is C22H25N5O3S. The lowest BCUT2D eigenvalue weighted by Crippen LogP contribution is -2.41. The second-order valence-corrected chi connectivity index (χ2v) is 8.59. The number of aryl methyl sites for hydroxylation is 1. The minimum Gasteiger partial charge on any atom is -0.393 e. The lowest BCUT2D eigenvalue weighted by atomic mass is 10.1. The molecule has 0 spiro atoms. The number of aliphatic hydroxyl groups excluding tert-OH is 1. The Morgan fingerprint density at radius 2 is 2.10 bits per heavy atom. The summed E-state index contributed by atoms with van der Waals surface area (Å²) in [6, 6.07) is 9.67. The van der Waals surface area contributed by atoms with E-state index in [1.165, 1.54) is 11.3 Å². The molecule has 4 heterocycles. The van der Waals surface area contributed by atoms with Crippen LogP contribution >= 0.6 is 11.3 Å². The van der Waals surface area contributed by atoms with Crippen molar-refractivity contribution in [3.05, 3.63) is 53.3 Å². The predicted molar refractivity (Wildman–Crippen MR) is 119 cm³/mol. The normalized spacial score (nSPS) is 14.6. The van der Waals surface area contributed by atoms with Gasteiger partial charge in [0.1, 0.15) is 23.3 Å². The van der Waals surface area contributed by atoms with E-state index in [0.717, 1.165) is 27.0 Å². The zero-order chi connectivity index (χ0) is 21.6. The number of likely N-dealkylation sites (tertiary alicyclic amines) is 1. The van der Waals surface area contributed by atoms with E-state index in [2.05, 4.69) is 20.3 Å². The molecule has 2 N–H and O–H groups in total. The van der Waals surface area contributed by atoms with Gasteiger partial charge in [-0.3, -0.25) is 4.79 Å². The summed E-state index contributed by atoms with van der Waals surface area (Å²) in [4.78, 5) is 28.2. The molecule has 0 aliphatic carbocycles. The standard InChI is InChI=1S/C22H25N5O3S/c1-15-5-8-23-20(11-15)26-19-4-2-3-17(25-19)18-12-24-21(31-18)13-30-14-22(29)27-9-6-16(28)7-10-27/h2-5,8,11-12,16,28H,6-7,9-10,13-14H2,1H3,(H,23,25,26). The second-order valence-electron chi connectivity index (χ2n) is 7.47. The molecule has 31 heavy (non-hydrogen) atoms. The predicted octanol–water partition coefficient (Wildman–Crippen LogP) is 3.15. The van der Waals surface area contributed by atoms with Crippen LogP contribution in [0, 0.1) is 6.92 Å². The Morgan fingerprint density at radius 1 is 1.26 bits per heavy atom. The Labute approximate surface area is 185 Å². The second kappa shape index (κ2) is 9.95. The van der Waals surface area contributed by atoms with E-state index < -0.39 is 0 Å². The fraction of sp³-hybridized carbons (Fsp3) is 0.364. The van der Waals surface area contributed by atoms with Crippen LogP contribution in [0.3, 0.4) is 0 Å². The molecule has 0 aromatic carbocycles. The van der Waals surface area contributed by atoms with Gasteiger partial charge in [-0.05, 0) is 49.6 Å². The Kier molecular flexibility index (Phi) is 6.86. The zero-order valence-electron chi connectivity index (χ0n) is 17.3. The van der Waals surface area contributed by atoms with Gasteiger partial charge in [-0.2, -0.15) is 0 Å². The maximum Gasteiger partial charge on any atom is 0.248 e. The number of hydrogen-bond donors (Lipinski definition) is 2. The van der Waals surface area contributed by atoms with E-state index >= 15 is 0 Å². The number of amides is 1. The Bertz CT molecular complexity index is 1030. The first-order valence-electron chi connectivity index (χ1n) is 10.2. The average molecular weight is 440 g/mol. The summed E-state index contributed by atoms with van der Waals surface area (Å²) in [5, 5.41) is 13.6. The van der Waals surface area contributed by atoms with E-state index in [9.17, 15) is 9.90 Å². The van der Waals surface area contributed by atoms with Gasteiger partial charge in [0.05, 0.1) is 23.3 Å². The van der Waals surface area contributed by atoms with Crippen molar-refractivity contribution < 1.29 is 14.6 Å². The van der Waals surface area contributed by atoms with Crippen molar-refractivity contribution in [1.82, 2.24) is 19.9 Å². The number of pyridine rings is 2. The van der Waals surface area contributed by atoms with Crippen LogP contribution in [0.25, 0.3) is 10.6 Å². The maximum absolute atomic E-state index is 12.2. The Hall–Kier alpha value is -2.88. The highest BCUT2D eigenvalue weighted by atomic mass is 32.1. The van der Waals surface area contributed by atoms with E-state index in [-0.39, 0.29) is 25.2 Å². The summed E-state index contributed by atoms with van der Waals surface area (Å²) in [6.07, 6.45) is 4.49. The van der Waals surface area contributed by atoms with Crippen molar-refractivity contribution in [2.75, 3.05) is 25.0 Å². The van der Waals surface area contributed by atoms with Gasteiger partial charge < -0.3 is 20.1 Å². The Morgan fingerprint density at radius 3 is 2.90 bits per heavy atom. The average Bonchev–Trinajstić information content (AvgIpc) is 3.23. The molecule has 0 saturated carbocycles. The van der Waals surface area contributed by atoms with Crippen molar-refractivity contribution in [3.8, 4) is 10.6 Å². The fourth-order valence-electron chi connectivity index (χ4n) is 3.30. The quantitative estimate of drug-likeness (QED) is 0.583. The molecule has 9 heteroatoms. The van der Waals surface area contributed by atoms with Gasteiger partial charge in [0, 0.05) is 25.5 Å². The molecule has 8 nitrogen and oxygen atoms in total. The molecule has 1 amide bonds. The SMILES string of the molecule is Cc1ccnc(Nc2cccc(-c3cnc(COCC(=O)N4CCC(O)CC4)s3)n2)c1. The molecule has 0 unspecified atom stereocenters. The third-order valence-corrected chi connectivity index (χ3v) is 5.99. The van der Waals surface area contributed by atoms with Gasteiger partial charge in [0.2, 0.25) is 5.91 Å². The van der Waals surface area contributed by atoms with Crippen molar-refractivity contribution in [1.29, 1.82) is 0 Å². The number of carbonyl (C=O) groups excluding carboxylic acids is 1. The van der Waals surface area contributed by atoms with Gasteiger partial charge in [-0.25, -0.2) is 15.0 Å². The summed E-state index contributed by atoms with van der Waals surface area (Å²) >= 11 is 1.49. The number of anilines is 2. The van der Waals surface area contributed by atoms with Crippen molar-refractivity contribution >= 4 is 28.9 Å². The number of aromatic nitrogens is 3. The lowest BCUT2D eigenvalue weighted by Gasteiger charge is -2.29. The van der Waals surface area contributed by atoms with E-state index in [0.29, 0.717) is 31.7 Å². The number of hydrogen-bond acceptors (Lipinski definition) is 8. The van der Waals surface area contributed by atoms with Gasteiger partial charge in [-0.15, -0.1) is 11.3 Å². The topological polar surface area (TPSA) is 100 Å². The Balaban J connectivity index is 1.32. The minimum atomic E-state index is -0.297.